The molecule has 164 valence electrons. The molecule has 0 bridgehead atoms. The van der Waals surface area contributed by atoms with Gasteiger partial charge in [0.25, 0.3) is 0 Å². The number of hydrogen-bond donors (Lipinski definition) is 1. The Hall–Kier alpha value is -2.66. The summed E-state index contributed by atoms with van der Waals surface area (Å²) in [7, 11) is 0. The van der Waals surface area contributed by atoms with Gasteiger partial charge in [-0.15, -0.1) is 0 Å². The van der Waals surface area contributed by atoms with Crippen LogP contribution in [-0.4, -0.2) is 23.8 Å². The van der Waals surface area contributed by atoms with Gasteiger partial charge in [0, 0.05) is 5.56 Å². The smallest absolute Gasteiger partial charge is 0.326 e. The van der Waals surface area contributed by atoms with E-state index < -0.39 is 5.54 Å². The van der Waals surface area contributed by atoms with Crippen LogP contribution in [0.1, 0.15) is 80.2 Å². The van der Waals surface area contributed by atoms with Gasteiger partial charge in [0.15, 0.2) is 0 Å². The van der Waals surface area contributed by atoms with Crippen LogP contribution in [0.4, 0.5) is 0 Å². The lowest BCUT2D eigenvalue weighted by Crippen LogP contribution is -2.46. The minimum Gasteiger partial charge on any atom is -0.465 e. The lowest BCUT2D eigenvalue weighted by atomic mass is 9.85. The van der Waals surface area contributed by atoms with E-state index in [0.29, 0.717) is 19.4 Å². The van der Waals surface area contributed by atoms with Gasteiger partial charge in [-0.3, -0.25) is 4.79 Å². The van der Waals surface area contributed by atoms with Gasteiger partial charge in [0.05, 0.1) is 12.3 Å². The van der Waals surface area contributed by atoms with Gasteiger partial charge in [-0.05, 0) is 75.0 Å². The number of rotatable bonds is 6. The van der Waals surface area contributed by atoms with Crippen molar-refractivity contribution >= 4 is 11.7 Å². The largest absolute Gasteiger partial charge is 0.465 e. The summed E-state index contributed by atoms with van der Waals surface area (Å²) < 4.78 is 5.20. The number of aryl methyl sites for hydroxylation is 1. The molecule has 2 N–H and O–H groups in total. The van der Waals surface area contributed by atoms with Crippen LogP contribution in [0.2, 0.25) is 0 Å². The van der Waals surface area contributed by atoms with Crippen LogP contribution >= 0.6 is 0 Å². The average Bonchev–Trinajstić information content (AvgIpc) is 3.21. The molecule has 0 amide bonds. The summed E-state index contributed by atoms with van der Waals surface area (Å²) in [6.45, 7) is 4.21. The van der Waals surface area contributed by atoms with E-state index in [4.69, 9.17) is 15.3 Å². The van der Waals surface area contributed by atoms with Gasteiger partial charge in [0.2, 0.25) is 0 Å². The Morgan fingerprint density at radius 2 is 2.03 bits per heavy atom. The summed E-state index contributed by atoms with van der Waals surface area (Å²) in [5, 5.41) is 4.53. The van der Waals surface area contributed by atoms with Crippen molar-refractivity contribution in [3.05, 3.63) is 70.8 Å². The van der Waals surface area contributed by atoms with Gasteiger partial charge in [-0.2, -0.15) is 0 Å². The number of esters is 1. The number of oxime groups is 1. The third-order valence-corrected chi connectivity index (χ3v) is 6.59. The highest BCUT2D eigenvalue weighted by Crippen LogP contribution is 2.41. The van der Waals surface area contributed by atoms with Crippen molar-refractivity contribution in [2.24, 2.45) is 10.9 Å². The molecule has 2 aromatic carbocycles. The van der Waals surface area contributed by atoms with Crippen LogP contribution in [0.5, 0.6) is 0 Å². The van der Waals surface area contributed by atoms with E-state index in [2.05, 4.69) is 35.5 Å². The second kappa shape index (κ2) is 9.23. The zero-order valence-electron chi connectivity index (χ0n) is 18.5. The third kappa shape index (κ3) is 4.67. The number of benzene rings is 2. The van der Waals surface area contributed by atoms with Crippen molar-refractivity contribution in [2.75, 3.05) is 6.61 Å². The van der Waals surface area contributed by atoms with Crippen molar-refractivity contribution < 1.29 is 14.4 Å². The van der Waals surface area contributed by atoms with E-state index in [0.717, 1.165) is 37.0 Å². The lowest BCUT2D eigenvalue weighted by Gasteiger charge is -2.23. The Morgan fingerprint density at radius 3 is 2.81 bits per heavy atom. The minimum absolute atomic E-state index is 0.0857. The molecule has 5 heteroatoms. The third-order valence-electron chi connectivity index (χ3n) is 6.59. The monoisotopic (exact) mass is 420 g/mol. The summed E-state index contributed by atoms with van der Waals surface area (Å²) in [4.78, 5) is 18.1. The van der Waals surface area contributed by atoms with Gasteiger partial charge in [0.1, 0.15) is 11.6 Å². The maximum atomic E-state index is 12.3. The zero-order chi connectivity index (χ0) is 21.8. The summed E-state index contributed by atoms with van der Waals surface area (Å²) >= 11 is 0. The SMILES string of the molecule is CCOC(=O)C1(N)CCC(c2ccc3c(c2)CCCC3=NOC(C)c2ccccc2)C1. The molecule has 3 atom stereocenters. The minimum atomic E-state index is -0.857. The maximum absolute atomic E-state index is 12.3. The number of hydrogen-bond acceptors (Lipinski definition) is 5. The molecule has 0 spiro atoms. The maximum Gasteiger partial charge on any atom is 0.326 e. The van der Waals surface area contributed by atoms with Crippen molar-refractivity contribution in [2.45, 2.75) is 69.9 Å². The summed E-state index contributed by atoms with van der Waals surface area (Å²) in [5.74, 6) is 0.0194. The summed E-state index contributed by atoms with van der Waals surface area (Å²) in [5.41, 5.74) is 11.4. The molecule has 0 heterocycles. The van der Waals surface area contributed by atoms with Crippen molar-refractivity contribution in [1.29, 1.82) is 0 Å². The summed E-state index contributed by atoms with van der Waals surface area (Å²) in [6, 6.07) is 16.8. The Balaban J connectivity index is 1.48. The predicted octanol–water partition coefficient (Wildman–Crippen LogP) is 5.03. The van der Waals surface area contributed by atoms with E-state index in [1.54, 1.807) is 0 Å². The van der Waals surface area contributed by atoms with Crippen molar-refractivity contribution in [3.8, 4) is 0 Å². The molecule has 2 aliphatic rings. The van der Waals surface area contributed by atoms with Crippen LogP contribution in [-0.2, 0) is 20.8 Å². The number of carbonyl (C=O) groups is 1. The molecule has 4 rings (SSSR count). The van der Waals surface area contributed by atoms with Crippen LogP contribution < -0.4 is 5.73 Å². The number of ether oxygens (including phenoxy) is 1. The van der Waals surface area contributed by atoms with Crippen LogP contribution in [0, 0.1) is 0 Å². The van der Waals surface area contributed by atoms with Crippen molar-refractivity contribution in [1.82, 2.24) is 0 Å². The molecule has 0 aromatic heterocycles. The molecule has 0 radical (unpaired) electrons. The number of nitrogens with zero attached hydrogens (tertiary/aromatic N) is 1. The van der Waals surface area contributed by atoms with E-state index in [-0.39, 0.29) is 18.0 Å². The number of carbonyl (C=O) groups excluding carboxylic acids is 1. The highest BCUT2D eigenvalue weighted by molar-refractivity contribution is 6.02. The molecule has 1 fully saturated rings. The first kappa shape index (κ1) is 21.6. The van der Waals surface area contributed by atoms with Crippen molar-refractivity contribution in [3.63, 3.8) is 0 Å². The first-order valence-electron chi connectivity index (χ1n) is 11.4. The molecule has 2 aliphatic carbocycles. The van der Waals surface area contributed by atoms with Gasteiger partial charge in [-0.25, -0.2) is 0 Å². The zero-order valence-corrected chi connectivity index (χ0v) is 18.5. The molecule has 2 aromatic rings. The average molecular weight is 421 g/mol. The second-order valence-electron chi connectivity index (χ2n) is 8.78. The molecular formula is C26H32N2O3. The van der Waals surface area contributed by atoms with E-state index in [9.17, 15) is 4.79 Å². The number of nitrogens with two attached hydrogens (primary N) is 1. The van der Waals surface area contributed by atoms with Gasteiger partial charge < -0.3 is 15.3 Å². The van der Waals surface area contributed by atoms with Gasteiger partial charge in [-0.1, -0.05) is 53.7 Å². The normalized spacial score (nSPS) is 25.1. The fraction of sp³-hybridized carbons (Fsp3) is 0.462. The van der Waals surface area contributed by atoms with Crippen LogP contribution in [0.3, 0.4) is 0 Å². The first-order chi connectivity index (χ1) is 15.0. The molecule has 1 saturated carbocycles. The van der Waals surface area contributed by atoms with Crippen LogP contribution in [0.15, 0.2) is 53.7 Å². The fourth-order valence-electron chi connectivity index (χ4n) is 4.78. The van der Waals surface area contributed by atoms with E-state index in [1.807, 2.05) is 32.0 Å². The Bertz CT molecular complexity index is 956. The number of fused-ring (bicyclic) bond motifs is 1. The second-order valence-corrected chi connectivity index (χ2v) is 8.78. The fourth-order valence-corrected chi connectivity index (χ4v) is 4.78. The highest BCUT2D eigenvalue weighted by Gasteiger charge is 2.43. The standard InChI is InChI=1S/C26H32N2O3/c1-3-30-25(29)26(27)15-14-22(17-26)20-12-13-23-21(16-20)10-7-11-24(23)28-31-18(2)19-8-5-4-6-9-19/h4-6,8-9,12-13,16,18,22H,3,7,10-11,14-15,17,27H2,1-2H3. The lowest BCUT2D eigenvalue weighted by molar-refractivity contribution is -0.149. The van der Waals surface area contributed by atoms with Crippen LogP contribution in [0.25, 0.3) is 0 Å². The molecule has 0 saturated heterocycles. The predicted molar refractivity (Wildman–Crippen MR) is 122 cm³/mol. The quantitative estimate of drug-likeness (QED) is 0.525. The highest BCUT2D eigenvalue weighted by atomic mass is 16.6. The Kier molecular flexibility index (Phi) is 6.42. The van der Waals surface area contributed by atoms with E-state index >= 15 is 0 Å². The molecule has 31 heavy (non-hydrogen) atoms. The molecule has 3 unspecified atom stereocenters. The molecular weight excluding hydrogens is 388 g/mol. The topological polar surface area (TPSA) is 73.9 Å². The first-order valence-corrected chi connectivity index (χ1v) is 11.4. The van der Waals surface area contributed by atoms with E-state index in [1.165, 1.54) is 16.7 Å². The summed E-state index contributed by atoms with van der Waals surface area (Å²) in [6.07, 6.45) is 5.16. The Labute approximate surface area is 184 Å². The Morgan fingerprint density at radius 1 is 1.23 bits per heavy atom. The molecule has 0 aliphatic heterocycles. The van der Waals surface area contributed by atoms with Gasteiger partial charge >= 0.3 is 5.97 Å². The molecule has 5 nitrogen and oxygen atoms in total.